The van der Waals surface area contributed by atoms with Crippen LogP contribution in [0.15, 0.2) is 42.6 Å². The predicted molar refractivity (Wildman–Crippen MR) is 83.3 cm³/mol. The van der Waals surface area contributed by atoms with E-state index in [0.29, 0.717) is 18.0 Å². The summed E-state index contributed by atoms with van der Waals surface area (Å²) in [7, 11) is 0. The first-order valence-electron chi connectivity index (χ1n) is 7.26. The predicted octanol–water partition coefficient (Wildman–Crippen LogP) is 2.69. The number of anilines is 1. The average Bonchev–Trinajstić information content (AvgIpc) is 2.55. The summed E-state index contributed by atoms with van der Waals surface area (Å²) < 4.78 is 0. The number of benzene rings is 1. The van der Waals surface area contributed by atoms with Crippen LogP contribution in [-0.2, 0) is 6.54 Å². The lowest BCUT2D eigenvalue weighted by Crippen LogP contribution is -2.36. The number of rotatable bonds is 2. The first kappa shape index (κ1) is 13.8. The number of carbonyl (C=O) groups is 1. The van der Waals surface area contributed by atoms with Crippen LogP contribution >= 0.6 is 0 Å². The molecule has 0 spiro atoms. The van der Waals surface area contributed by atoms with Crippen LogP contribution in [0.5, 0.6) is 0 Å². The second-order valence-electron chi connectivity index (χ2n) is 5.45. The van der Waals surface area contributed by atoms with Crippen LogP contribution < -0.4 is 10.6 Å². The summed E-state index contributed by atoms with van der Waals surface area (Å²) in [6.07, 6.45) is 2.63. The minimum atomic E-state index is 0.0199. The van der Waals surface area contributed by atoms with Crippen LogP contribution in [0.1, 0.15) is 40.9 Å². The van der Waals surface area contributed by atoms with E-state index in [1.54, 1.807) is 18.3 Å². The maximum Gasteiger partial charge on any atom is 0.258 e. The van der Waals surface area contributed by atoms with Crippen LogP contribution in [0.4, 0.5) is 5.69 Å². The second kappa shape index (κ2) is 5.66. The Hall–Kier alpha value is -2.20. The highest BCUT2D eigenvalue weighted by Crippen LogP contribution is 2.35. The van der Waals surface area contributed by atoms with Gasteiger partial charge in [-0.2, -0.15) is 0 Å². The van der Waals surface area contributed by atoms with Crippen molar-refractivity contribution in [3.63, 3.8) is 0 Å². The van der Waals surface area contributed by atoms with Gasteiger partial charge in [-0.25, -0.2) is 0 Å². The monoisotopic (exact) mass is 281 g/mol. The molecule has 2 aromatic rings. The molecule has 1 unspecified atom stereocenters. The molecular weight excluding hydrogens is 262 g/mol. The van der Waals surface area contributed by atoms with Crippen LogP contribution in [0.2, 0.25) is 0 Å². The van der Waals surface area contributed by atoms with Gasteiger partial charge in [0.25, 0.3) is 5.91 Å². The molecule has 4 nitrogen and oxygen atoms in total. The average molecular weight is 281 g/mol. The molecule has 0 bridgehead atoms. The van der Waals surface area contributed by atoms with Gasteiger partial charge in [-0.1, -0.05) is 25.1 Å². The number of nitrogens with zero attached hydrogens (tertiary/aromatic N) is 2. The zero-order valence-electron chi connectivity index (χ0n) is 12.1. The van der Waals surface area contributed by atoms with Crippen molar-refractivity contribution in [2.45, 2.75) is 25.8 Å². The Kier molecular flexibility index (Phi) is 3.71. The Bertz CT molecular complexity index is 669. The minimum absolute atomic E-state index is 0.0199. The smallest absolute Gasteiger partial charge is 0.258 e. The van der Waals surface area contributed by atoms with Gasteiger partial charge in [0.1, 0.15) is 0 Å². The van der Waals surface area contributed by atoms with E-state index in [1.165, 1.54) is 5.56 Å². The minimum Gasteiger partial charge on any atom is -0.325 e. The molecule has 0 saturated carbocycles. The summed E-state index contributed by atoms with van der Waals surface area (Å²) >= 11 is 0. The quantitative estimate of drug-likeness (QED) is 0.920. The number of pyridine rings is 1. The van der Waals surface area contributed by atoms with E-state index in [2.05, 4.69) is 18.0 Å². The van der Waals surface area contributed by atoms with Crippen molar-refractivity contribution < 1.29 is 4.79 Å². The van der Waals surface area contributed by atoms with Crippen LogP contribution in [-0.4, -0.2) is 17.4 Å². The zero-order valence-corrected chi connectivity index (χ0v) is 12.1. The van der Waals surface area contributed by atoms with Crippen molar-refractivity contribution in [1.29, 1.82) is 0 Å². The lowest BCUT2D eigenvalue weighted by Gasteiger charge is -2.33. The van der Waals surface area contributed by atoms with Gasteiger partial charge < -0.3 is 10.6 Å². The fourth-order valence-corrected chi connectivity index (χ4v) is 2.84. The second-order valence-corrected chi connectivity index (χ2v) is 5.45. The molecule has 2 heterocycles. The van der Waals surface area contributed by atoms with E-state index in [4.69, 9.17) is 5.73 Å². The molecule has 21 heavy (non-hydrogen) atoms. The van der Waals surface area contributed by atoms with E-state index in [-0.39, 0.29) is 5.91 Å². The van der Waals surface area contributed by atoms with Gasteiger partial charge >= 0.3 is 0 Å². The van der Waals surface area contributed by atoms with Crippen molar-refractivity contribution in [3.05, 3.63) is 59.4 Å². The van der Waals surface area contributed by atoms with Gasteiger partial charge in [0.05, 0.1) is 5.69 Å². The SMILES string of the molecule is CC1CCN(C(=O)c2ccnc(CN)c2)c2ccccc21. The fraction of sp³-hybridized carbons (Fsp3) is 0.294. The number of fused-ring (bicyclic) bond motifs is 1. The third-order valence-corrected chi connectivity index (χ3v) is 4.06. The van der Waals surface area contributed by atoms with E-state index in [0.717, 1.165) is 24.3 Å². The molecule has 1 aromatic carbocycles. The lowest BCUT2D eigenvalue weighted by molar-refractivity contribution is 0.0984. The zero-order chi connectivity index (χ0) is 14.8. The Morgan fingerprint density at radius 2 is 2.19 bits per heavy atom. The summed E-state index contributed by atoms with van der Waals surface area (Å²) in [6, 6.07) is 11.7. The Balaban J connectivity index is 1.97. The van der Waals surface area contributed by atoms with Crippen LogP contribution in [0, 0.1) is 0 Å². The summed E-state index contributed by atoms with van der Waals surface area (Å²) in [5.41, 5.74) is 9.25. The molecule has 0 fully saturated rings. The van der Waals surface area contributed by atoms with Crippen molar-refractivity contribution >= 4 is 11.6 Å². The van der Waals surface area contributed by atoms with Crippen LogP contribution in [0.25, 0.3) is 0 Å². The molecule has 0 saturated heterocycles. The highest BCUT2D eigenvalue weighted by molar-refractivity contribution is 6.06. The number of aromatic nitrogens is 1. The number of carbonyl (C=O) groups excluding carboxylic acids is 1. The maximum absolute atomic E-state index is 12.8. The molecule has 0 aliphatic carbocycles. The summed E-state index contributed by atoms with van der Waals surface area (Å²) in [5, 5.41) is 0. The van der Waals surface area contributed by atoms with Crippen molar-refractivity contribution in [2.75, 3.05) is 11.4 Å². The molecular formula is C17H19N3O. The number of hydrogen-bond donors (Lipinski definition) is 1. The first-order chi connectivity index (χ1) is 10.2. The molecule has 0 radical (unpaired) electrons. The van der Waals surface area contributed by atoms with Gasteiger partial charge in [-0.3, -0.25) is 9.78 Å². The van der Waals surface area contributed by atoms with Gasteiger partial charge in [0.15, 0.2) is 0 Å². The molecule has 4 heteroatoms. The lowest BCUT2D eigenvalue weighted by atomic mass is 9.91. The molecule has 1 aliphatic heterocycles. The standard InChI is InChI=1S/C17H19N3O/c1-12-7-9-20(16-5-3-2-4-15(12)16)17(21)13-6-8-19-14(10-13)11-18/h2-6,8,10,12H,7,9,11,18H2,1H3. The summed E-state index contributed by atoms with van der Waals surface area (Å²) in [4.78, 5) is 18.8. The molecule has 3 rings (SSSR count). The third-order valence-electron chi connectivity index (χ3n) is 4.06. The van der Waals surface area contributed by atoms with E-state index in [1.807, 2.05) is 23.1 Å². The number of amides is 1. The molecule has 1 atom stereocenters. The third kappa shape index (κ3) is 2.54. The van der Waals surface area contributed by atoms with E-state index >= 15 is 0 Å². The first-order valence-corrected chi connectivity index (χ1v) is 7.26. The Morgan fingerprint density at radius 1 is 1.38 bits per heavy atom. The molecule has 1 amide bonds. The number of para-hydroxylation sites is 1. The highest BCUT2D eigenvalue weighted by Gasteiger charge is 2.26. The fourth-order valence-electron chi connectivity index (χ4n) is 2.84. The summed E-state index contributed by atoms with van der Waals surface area (Å²) in [6.45, 7) is 3.30. The summed E-state index contributed by atoms with van der Waals surface area (Å²) in [5.74, 6) is 0.508. The van der Waals surface area contributed by atoms with Gasteiger partial charge in [-0.15, -0.1) is 0 Å². The largest absolute Gasteiger partial charge is 0.325 e. The van der Waals surface area contributed by atoms with Crippen molar-refractivity contribution in [1.82, 2.24) is 4.98 Å². The number of nitrogens with two attached hydrogens (primary N) is 1. The number of hydrogen-bond acceptors (Lipinski definition) is 3. The van der Waals surface area contributed by atoms with Crippen molar-refractivity contribution in [2.24, 2.45) is 5.73 Å². The molecule has 1 aliphatic rings. The van der Waals surface area contributed by atoms with Gasteiger partial charge in [0, 0.05) is 30.5 Å². The topological polar surface area (TPSA) is 59.2 Å². The maximum atomic E-state index is 12.8. The van der Waals surface area contributed by atoms with Crippen molar-refractivity contribution in [3.8, 4) is 0 Å². The Morgan fingerprint density at radius 3 is 3.00 bits per heavy atom. The van der Waals surface area contributed by atoms with Gasteiger partial charge in [-0.05, 0) is 36.1 Å². The van der Waals surface area contributed by atoms with E-state index in [9.17, 15) is 4.79 Å². The Labute approximate surface area is 124 Å². The van der Waals surface area contributed by atoms with Gasteiger partial charge in [0.2, 0.25) is 0 Å². The van der Waals surface area contributed by atoms with Crippen LogP contribution in [0.3, 0.4) is 0 Å². The van der Waals surface area contributed by atoms with E-state index < -0.39 is 0 Å². The highest BCUT2D eigenvalue weighted by atomic mass is 16.2. The molecule has 2 N–H and O–H groups in total. The molecule has 1 aromatic heterocycles. The normalized spacial score (nSPS) is 17.4. The molecule has 108 valence electrons.